The van der Waals surface area contributed by atoms with E-state index in [-0.39, 0.29) is 5.82 Å². The molecule has 2 N–H and O–H groups in total. The fraction of sp³-hybridized carbons (Fsp3) is 0.375. The Labute approximate surface area is 124 Å². The molecule has 0 saturated heterocycles. The highest BCUT2D eigenvalue weighted by Gasteiger charge is 2.11. The molecular formula is C16H21FN4. The molecule has 0 aliphatic rings. The van der Waals surface area contributed by atoms with Crippen molar-refractivity contribution in [1.29, 1.82) is 0 Å². The summed E-state index contributed by atoms with van der Waals surface area (Å²) in [6.07, 6.45) is 3.37. The monoisotopic (exact) mass is 288 g/mol. The van der Waals surface area contributed by atoms with E-state index in [2.05, 4.69) is 27.5 Å². The highest BCUT2D eigenvalue weighted by molar-refractivity contribution is 5.65. The van der Waals surface area contributed by atoms with Gasteiger partial charge in [0.25, 0.3) is 0 Å². The predicted octanol–water partition coefficient (Wildman–Crippen LogP) is 4.05. The normalized spacial score (nSPS) is 10.5. The molecule has 0 atom stereocenters. The van der Waals surface area contributed by atoms with Crippen LogP contribution >= 0.6 is 0 Å². The fourth-order valence-corrected chi connectivity index (χ4v) is 2.13. The zero-order valence-electron chi connectivity index (χ0n) is 12.7. The second-order valence-electron chi connectivity index (χ2n) is 4.92. The SMILES string of the molecule is CCCc1c(NCC)ncnc1Nc1ccc(C)c(F)c1. The molecule has 2 aromatic rings. The minimum absolute atomic E-state index is 0.224. The largest absolute Gasteiger partial charge is 0.370 e. The lowest BCUT2D eigenvalue weighted by atomic mass is 10.1. The van der Waals surface area contributed by atoms with Crippen molar-refractivity contribution in [2.24, 2.45) is 0 Å². The van der Waals surface area contributed by atoms with E-state index in [1.54, 1.807) is 13.0 Å². The van der Waals surface area contributed by atoms with Crippen LogP contribution in [0.25, 0.3) is 0 Å². The van der Waals surface area contributed by atoms with Gasteiger partial charge in [0.15, 0.2) is 0 Å². The summed E-state index contributed by atoms with van der Waals surface area (Å²) in [5.41, 5.74) is 2.35. The van der Waals surface area contributed by atoms with Crippen LogP contribution in [0.15, 0.2) is 24.5 Å². The molecule has 0 aliphatic carbocycles. The van der Waals surface area contributed by atoms with E-state index in [4.69, 9.17) is 0 Å². The Kier molecular flexibility index (Phi) is 5.09. The van der Waals surface area contributed by atoms with Crippen LogP contribution in [0.5, 0.6) is 0 Å². The first-order valence-electron chi connectivity index (χ1n) is 7.26. The smallest absolute Gasteiger partial charge is 0.139 e. The summed E-state index contributed by atoms with van der Waals surface area (Å²) < 4.78 is 13.6. The molecule has 0 radical (unpaired) electrons. The minimum atomic E-state index is -0.224. The molecule has 0 fully saturated rings. The van der Waals surface area contributed by atoms with E-state index >= 15 is 0 Å². The highest BCUT2D eigenvalue weighted by atomic mass is 19.1. The van der Waals surface area contributed by atoms with E-state index in [1.807, 2.05) is 13.0 Å². The summed E-state index contributed by atoms with van der Waals surface area (Å²) in [5, 5.41) is 6.44. The molecule has 112 valence electrons. The molecule has 0 aliphatic heterocycles. The molecule has 1 aromatic heterocycles. The number of halogens is 1. The molecule has 0 amide bonds. The molecule has 4 nitrogen and oxygen atoms in total. The molecular weight excluding hydrogens is 267 g/mol. The molecule has 21 heavy (non-hydrogen) atoms. The Morgan fingerprint density at radius 3 is 2.57 bits per heavy atom. The molecule has 1 heterocycles. The molecule has 5 heteroatoms. The number of rotatable bonds is 6. The van der Waals surface area contributed by atoms with Gasteiger partial charge >= 0.3 is 0 Å². The summed E-state index contributed by atoms with van der Waals surface area (Å²) in [6.45, 7) is 6.68. The zero-order chi connectivity index (χ0) is 15.2. The van der Waals surface area contributed by atoms with Crippen molar-refractivity contribution in [3.05, 3.63) is 41.5 Å². The summed E-state index contributed by atoms with van der Waals surface area (Å²) in [4.78, 5) is 8.59. The maximum atomic E-state index is 13.6. The van der Waals surface area contributed by atoms with Gasteiger partial charge in [0.1, 0.15) is 23.8 Å². The van der Waals surface area contributed by atoms with Crippen LogP contribution in [0.1, 0.15) is 31.4 Å². The first kappa shape index (κ1) is 15.2. The fourth-order valence-electron chi connectivity index (χ4n) is 2.13. The molecule has 2 rings (SSSR count). The average molecular weight is 288 g/mol. The van der Waals surface area contributed by atoms with Crippen molar-refractivity contribution in [2.45, 2.75) is 33.6 Å². The lowest BCUT2D eigenvalue weighted by molar-refractivity contribution is 0.619. The second-order valence-corrected chi connectivity index (χ2v) is 4.92. The third kappa shape index (κ3) is 3.68. The first-order chi connectivity index (χ1) is 10.2. The van der Waals surface area contributed by atoms with Crippen molar-refractivity contribution in [3.63, 3.8) is 0 Å². The van der Waals surface area contributed by atoms with Gasteiger partial charge in [-0.25, -0.2) is 14.4 Å². The van der Waals surface area contributed by atoms with Gasteiger partial charge in [0, 0.05) is 17.8 Å². The van der Waals surface area contributed by atoms with Crippen molar-refractivity contribution in [1.82, 2.24) is 9.97 Å². The summed E-state index contributed by atoms with van der Waals surface area (Å²) >= 11 is 0. The average Bonchev–Trinajstić information content (AvgIpc) is 2.46. The minimum Gasteiger partial charge on any atom is -0.370 e. The Bertz CT molecular complexity index is 613. The maximum absolute atomic E-state index is 13.6. The van der Waals surface area contributed by atoms with Crippen LogP contribution in [-0.2, 0) is 6.42 Å². The van der Waals surface area contributed by atoms with Gasteiger partial charge in [-0.05, 0) is 38.0 Å². The quantitative estimate of drug-likeness (QED) is 0.842. The van der Waals surface area contributed by atoms with E-state index in [9.17, 15) is 4.39 Å². The van der Waals surface area contributed by atoms with Crippen LogP contribution in [0.2, 0.25) is 0 Å². The van der Waals surface area contributed by atoms with Gasteiger partial charge in [-0.15, -0.1) is 0 Å². The highest BCUT2D eigenvalue weighted by Crippen LogP contribution is 2.25. The van der Waals surface area contributed by atoms with E-state index in [1.165, 1.54) is 12.4 Å². The number of nitrogens with zero attached hydrogens (tertiary/aromatic N) is 2. The van der Waals surface area contributed by atoms with E-state index in [0.717, 1.165) is 36.6 Å². The number of hydrogen-bond acceptors (Lipinski definition) is 4. The predicted molar refractivity (Wildman–Crippen MR) is 84.6 cm³/mol. The molecule has 0 spiro atoms. The number of benzene rings is 1. The number of nitrogens with one attached hydrogen (secondary N) is 2. The standard InChI is InChI=1S/C16H21FN4/c1-4-6-13-15(18-5-2)19-10-20-16(13)21-12-8-7-11(3)14(17)9-12/h7-10H,4-6H2,1-3H3,(H2,18,19,20,21). The van der Waals surface area contributed by atoms with Crippen molar-refractivity contribution >= 4 is 17.3 Å². The first-order valence-corrected chi connectivity index (χ1v) is 7.26. The topological polar surface area (TPSA) is 49.8 Å². The van der Waals surface area contributed by atoms with E-state index in [0.29, 0.717) is 11.3 Å². The van der Waals surface area contributed by atoms with Crippen LogP contribution in [0.4, 0.5) is 21.7 Å². The molecule has 0 unspecified atom stereocenters. The Morgan fingerprint density at radius 1 is 1.14 bits per heavy atom. The van der Waals surface area contributed by atoms with Gasteiger partial charge in [-0.2, -0.15) is 0 Å². The van der Waals surface area contributed by atoms with Gasteiger partial charge < -0.3 is 10.6 Å². The van der Waals surface area contributed by atoms with Gasteiger partial charge in [0.2, 0.25) is 0 Å². The summed E-state index contributed by atoms with van der Waals surface area (Å²) in [6, 6.07) is 5.09. The van der Waals surface area contributed by atoms with Gasteiger partial charge in [-0.1, -0.05) is 19.4 Å². The van der Waals surface area contributed by atoms with Crippen molar-refractivity contribution in [2.75, 3.05) is 17.2 Å². The number of aromatic nitrogens is 2. The van der Waals surface area contributed by atoms with Crippen LogP contribution in [0, 0.1) is 12.7 Å². The summed E-state index contributed by atoms with van der Waals surface area (Å²) in [5.74, 6) is 1.34. The Hall–Kier alpha value is -2.17. The molecule has 1 aromatic carbocycles. The lowest BCUT2D eigenvalue weighted by Gasteiger charge is -2.14. The molecule has 0 saturated carbocycles. The zero-order valence-corrected chi connectivity index (χ0v) is 12.7. The van der Waals surface area contributed by atoms with Gasteiger partial charge in [0.05, 0.1) is 0 Å². The third-order valence-electron chi connectivity index (χ3n) is 3.22. The van der Waals surface area contributed by atoms with Crippen molar-refractivity contribution < 1.29 is 4.39 Å². The van der Waals surface area contributed by atoms with E-state index < -0.39 is 0 Å². The van der Waals surface area contributed by atoms with Gasteiger partial charge in [-0.3, -0.25) is 0 Å². The van der Waals surface area contributed by atoms with Crippen molar-refractivity contribution in [3.8, 4) is 0 Å². The lowest BCUT2D eigenvalue weighted by Crippen LogP contribution is -2.08. The second kappa shape index (κ2) is 7.02. The number of hydrogen-bond donors (Lipinski definition) is 2. The van der Waals surface area contributed by atoms with Crippen LogP contribution in [-0.4, -0.2) is 16.5 Å². The molecule has 0 bridgehead atoms. The summed E-state index contributed by atoms with van der Waals surface area (Å²) in [7, 11) is 0. The number of anilines is 3. The van der Waals surface area contributed by atoms with Crippen LogP contribution in [0.3, 0.4) is 0 Å². The third-order valence-corrected chi connectivity index (χ3v) is 3.22. The van der Waals surface area contributed by atoms with Crippen LogP contribution < -0.4 is 10.6 Å². The Balaban J connectivity index is 2.33. The maximum Gasteiger partial charge on any atom is 0.139 e. The number of aryl methyl sites for hydroxylation is 1. The Morgan fingerprint density at radius 2 is 1.90 bits per heavy atom.